The smallest absolute Gasteiger partial charge is 0.332 e. The zero-order valence-corrected chi connectivity index (χ0v) is 10.6. The van der Waals surface area contributed by atoms with E-state index >= 15 is 0 Å². The zero-order chi connectivity index (χ0) is 11.7. The van der Waals surface area contributed by atoms with Gasteiger partial charge in [0.15, 0.2) is 0 Å². The zero-order valence-electron chi connectivity index (χ0n) is 9.88. The number of rotatable bonds is 7. The van der Waals surface area contributed by atoms with Gasteiger partial charge in [0.2, 0.25) is 0 Å². The molecule has 15 heavy (non-hydrogen) atoms. The maximum absolute atomic E-state index is 11.3. The summed E-state index contributed by atoms with van der Waals surface area (Å²) in [6, 6.07) is 0. The van der Waals surface area contributed by atoms with Crippen molar-refractivity contribution in [3.8, 4) is 0 Å². The van der Waals surface area contributed by atoms with Crippen LogP contribution in [0, 0.1) is 0 Å². The highest BCUT2D eigenvalue weighted by atomic mass is 35.5. The van der Waals surface area contributed by atoms with E-state index in [2.05, 4.69) is 6.92 Å². The van der Waals surface area contributed by atoms with Crippen molar-refractivity contribution in [1.29, 1.82) is 0 Å². The molecule has 0 radical (unpaired) electrons. The van der Waals surface area contributed by atoms with Crippen LogP contribution in [0.5, 0.6) is 0 Å². The first-order valence-electron chi connectivity index (χ1n) is 5.66. The molecule has 0 aliphatic rings. The van der Waals surface area contributed by atoms with Gasteiger partial charge in [-0.3, -0.25) is 0 Å². The van der Waals surface area contributed by atoms with Crippen LogP contribution in [-0.2, 0) is 9.53 Å². The van der Waals surface area contributed by atoms with Gasteiger partial charge < -0.3 is 4.74 Å². The Hall–Kier alpha value is -0.500. The lowest BCUT2D eigenvalue weighted by Gasteiger charge is -2.08. The molecule has 0 heterocycles. The third-order valence-electron chi connectivity index (χ3n) is 2.19. The number of carbonyl (C=O) groups excluding carboxylic acids is 1. The highest BCUT2D eigenvalue weighted by Gasteiger charge is 2.05. The topological polar surface area (TPSA) is 26.3 Å². The molecular weight excluding hydrogens is 212 g/mol. The van der Waals surface area contributed by atoms with Crippen LogP contribution in [0.15, 0.2) is 11.1 Å². The summed E-state index contributed by atoms with van der Waals surface area (Å²) in [5, 5.41) is 0.594. The lowest BCUT2D eigenvalue weighted by atomic mass is 10.2. The fourth-order valence-electron chi connectivity index (χ4n) is 1.06. The molecule has 0 saturated carbocycles. The van der Waals surface area contributed by atoms with Crippen LogP contribution in [0.1, 0.15) is 52.9 Å². The highest BCUT2D eigenvalue weighted by molar-refractivity contribution is 6.30. The van der Waals surface area contributed by atoms with Crippen LogP contribution in [0.2, 0.25) is 0 Å². The summed E-state index contributed by atoms with van der Waals surface area (Å²) in [5.41, 5.74) is 0. The van der Waals surface area contributed by atoms with E-state index < -0.39 is 0 Å². The number of hydrogen-bond acceptors (Lipinski definition) is 2. The third kappa shape index (κ3) is 8.49. The monoisotopic (exact) mass is 232 g/mol. The molecule has 0 spiro atoms. The van der Waals surface area contributed by atoms with E-state index in [1.165, 1.54) is 6.08 Å². The molecule has 1 unspecified atom stereocenters. The van der Waals surface area contributed by atoms with Gasteiger partial charge >= 0.3 is 5.97 Å². The molecule has 0 bridgehead atoms. The Labute approximate surface area is 97.6 Å². The van der Waals surface area contributed by atoms with Gasteiger partial charge in [0.25, 0.3) is 0 Å². The largest absolute Gasteiger partial charge is 0.459 e. The van der Waals surface area contributed by atoms with Crippen molar-refractivity contribution < 1.29 is 9.53 Å². The van der Waals surface area contributed by atoms with E-state index in [1.807, 2.05) is 13.8 Å². The first kappa shape index (κ1) is 14.5. The minimum Gasteiger partial charge on any atom is -0.459 e. The minimum absolute atomic E-state index is 0.0335. The van der Waals surface area contributed by atoms with Gasteiger partial charge in [-0.15, -0.1) is 0 Å². The average Bonchev–Trinajstić information content (AvgIpc) is 2.17. The molecule has 0 saturated heterocycles. The third-order valence-corrected chi connectivity index (χ3v) is 2.48. The normalized spacial score (nSPS) is 13.7. The van der Waals surface area contributed by atoms with Crippen molar-refractivity contribution in [2.45, 2.75) is 59.0 Å². The Balaban J connectivity index is 3.84. The van der Waals surface area contributed by atoms with E-state index in [1.54, 1.807) is 0 Å². The van der Waals surface area contributed by atoms with Crippen molar-refractivity contribution in [1.82, 2.24) is 0 Å². The molecule has 1 atom stereocenters. The van der Waals surface area contributed by atoms with Gasteiger partial charge in [0.1, 0.15) is 0 Å². The van der Waals surface area contributed by atoms with Crippen molar-refractivity contribution in [2.24, 2.45) is 0 Å². The summed E-state index contributed by atoms with van der Waals surface area (Å²) in [5.74, 6) is -0.328. The summed E-state index contributed by atoms with van der Waals surface area (Å²) >= 11 is 5.90. The number of allylic oxidation sites excluding steroid dienone is 1. The van der Waals surface area contributed by atoms with Crippen molar-refractivity contribution in [2.75, 3.05) is 0 Å². The van der Waals surface area contributed by atoms with Crippen molar-refractivity contribution in [3.63, 3.8) is 0 Å². The van der Waals surface area contributed by atoms with E-state index in [0.717, 1.165) is 32.1 Å². The number of carbonyl (C=O) groups is 1. The Morgan fingerprint density at radius 1 is 1.40 bits per heavy atom. The summed E-state index contributed by atoms with van der Waals surface area (Å²) < 4.78 is 5.08. The molecule has 3 heteroatoms. The molecule has 0 aromatic carbocycles. The minimum atomic E-state index is -0.328. The fourth-order valence-corrected chi connectivity index (χ4v) is 1.28. The van der Waals surface area contributed by atoms with Gasteiger partial charge in [0.05, 0.1) is 6.10 Å². The second-order valence-corrected chi connectivity index (χ2v) is 4.19. The van der Waals surface area contributed by atoms with E-state index in [4.69, 9.17) is 16.3 Å². The number of hydrogen-bond donors (Lipinski definition) is 0. The molecule has 2 nitrogen and oxygen atoms in total. The maximum atomic E-state index is 11.3. The second-order valence-electron chi connectivity index (χ2n) is 3.70. The number of unbranched alkanes of at least 4 members (excludes halogenated alkanes) is 2. The van der Waals surface area contributed by atoms with Crippen LogP contribution >= 0.6 is 11.6 Å². The maximum Gasteiger partial charge on any atom is 0.332 e. The van der Waals surface area contributed by atoms with Gasteiger partial charge in [-0.25, -0.2) is 4.79 Å². The molecule has 0 fully saturated rings. The van der Waals surface area contributed by atoms with E-state index in [9.17, 15) is 4.79 Å². The van der Waals surface area contributed by atoms with Crippen LogP contribution < -0.4 is 0 Å². The number of halogens is 1. The first-order chi connectivity index (χ1) is 7.10. The highest BCUT2D eigenvalue weighted by Crippen LogP contribution is 2.13. The van der Waals surface area contributed by atoms with Crippen LogP contribution in [0.25, 0.3) is 0 Å². The predicted octanol–water partition coefficient (Wildman–Crippen LogP) is 4.03. The van der Waals surface area contributed by atoms with Gasteiger partial charge in [0, 0.05) is 11.1 Å². The first-order valence-corrected chi connectivity index (χ1v) is 6.04. The van der Waals surface area contributed by atoms with Gasteiger partial charge in [-0.1, -0.05) is 38.3 Å². The molecular formula is C12H21ClO2. The van der Waals surface area contributed by atoms with Crippen molar-refractivity contribution >= 4 is 17.6 Å². The lowest BCUT2D eigenvalue weighted by molar-refractivity contribution is -0.142. The summed E-state index contributed by atoms with van der Waals surface area (Å²) in [6.07, 6.45) is 6.28. The molecule has 0 N–H and O–H groups in total. The molecule has 0 amide bonds. The summed E-state index contributed by atoms with van der Waals surface area (Å²) in [4.78, 5) is 11.3. The Morgan fingerprint density at radius 3 is 2.60 bits per heavy atom. The Morgan fingerprint density at radius 2 is 2.07 bits per heavy atom. The Bertz CT molecular complexity index is 212. The van der Waals surface area contributed by atoms with E-state index in [-0.39, 0.29) is 12.1 Å². The fraction of sp³-hybridized carbons (Fsp3) is 0.750. The number of ether oxygens (including phenoxy) is 1. The van der Waals surface area contributed by atoms with Gasteiger partial charge in [-0.2, -0.15) is 0 Å². The molecule has 0 aliphatic heterocycles. The van der Waals surface area contributed by atoms with Crippen LogP contribution in [0.4, 0.5) is 0 Å². The molecule has 88 valence electrons. The summed E-state index contributed by atoms with van der Waals surface area (Å²) in [7, 11) is 0. The summed E-state index contributed by atoms with van der Waals surface area (Å²) in [6.45, 7) is 5.98. The standard InChI is InChI=1S/C12H21ClO2/c1-4-6-7-8-11(13)9-12(14)15-10(3)5-2/h9-10H,4-8H2,1-3H3/b11-9-. The Kier molecular flexibility index (Phi) is 8.49. The van der Waals surface area contributed by atoms with E-state index in [0.29, 0.717) is 5.03 Å². The van der Waals surface area contributed by atoms with Crippen molar-refractivity contribution in [3.05, 3.63) is 11.1 Å². The van der Waals surface area contributed by atoms with Crippen LogP contribution in [0.3, 0.4) is 0 Å². The quantitative estimate of drug-likeness (QED) is 0.376. The molecule has 0 aromatic rings. The number of esters is 1. The molecule has 0 aromatic heterocycles. The average molecular weight is 233 g/mol. The molecule has 0 rings (SSSR count). The van der Waals surface area contributed by atoms with Gasteiger partial charge in [-0.05, 0) is 26.2 Å². The van der Waals surface area contributed by atoms with Crippen LogP contribution in [-0.4, -0.2) is 12.1 Å². The predicted molar refractivity (Wildman–Crippen MR) is 63.9 cm³/mol. The molecule has 0 aliphatic carbocycles. The second kappa shape index (κ2) is 8.78. The SMILES string of the molecule is CCCCC/C(Cl)=C/C(=O)OC(C)CC. The lowest BCUT2D eigenvalue weighted by Crippen LogP contribution is -2.11.